The smallest absolute Gasteiger partial charge is 0.416 e. The van der Waals surface area contributed by atoms with E-state index >= 15 is 0 Å². The van der Waals surface area contributed by atoms with Gasteiger partial charge in [0.15, 0.2) is 11.5 Å². The number of nitrogens with one attached hydrogen (secondary N) is 1. The van der Waals surface area contributed by atoms with Crippen molar-refractivity contribution in [3.05, 3.63) is 47.0 Å². The summed E-state index contributed by atoms with van der Waals surface area (Å²) >= 11 is 0. The topological polar surface area (TPSA) is 56.8 Å². The molecule has 0 bridgehead atoms. The zero-order valence-corrected chi connectivity index (χ0v) is 14.4. The van der Waals surface area contributed by atoms with E-state index in [-0.39, 0.29) is 31.5 Å². The van der Waals surface area contributed by atoms with Crippen LogP contribution in [-0.4, -0.2) is 19.3 Å². The summed E-state index contributed by atoms with van der Waals surface area (Å²) in [5, 5.41) is 2.78. The second-order valence-electron chi connectivity index (χ2n) is 6.28. The molecule has 142 valence electrons. The zero-order chi connectivity index (χ0) is 19.2. The van der Waals surface area contributed by atoms with Crippen molar-refractivity contribution in [3.63, 3.8) is 0 Å². The van der Waals surface area contributed by atoms with Crippen LogP contribution < -0.4 is 19.5 Å². The Kier molecular flexibility index (Phi) is 4.13. The second-order valence-corrected chi connectivity index (χ2v) is 6.28. The van der Waals surface area contributed by atoms with E-state index < -0.39 is 17.7 Å². The summed E-state index contributed by atoms with van der Waals surface area (Å²) in [5.41, 5.74) is 1.04. The third-order valence-electron chi connectivity index (χ3n) is 4.60. The van der Waals surface area contributed by atoms with E-state index in [1.807, 2.05) is 0 Å². The predicted molar refractivity (Wildman–Crippen MR) is 90.3 cm³/mol. The molecule has 0 aliphatic carbocycles. The highest BCUT2D eigenvalue weighted by Crippen LogP contribution is 2.47. The van der Waals surface area contributed by atoms with Gasteiger partial charge in [-0.05, 0) is 30.7 Å². The molecule has 2 aliphatic heterocycles. The quantitative estimate of drug-likeness (QED) is 0.864. The fraction of sp³-hybridized carbons (Fsp3) is 0.316. The number of amides is 1. The van der Waals surface area contributed by atoms with Crippen molar-refractivity contribution in [2.24, 2.45) is 0 Å². The van der Waals surface area contributed by atoms with Gasteiger partial charge in [0, 0.05) is 29.7 Å². The first-order valence-corrected chi connectivity index (χ1v) is 8.44. The first kappa shape index (κ1) is 17.5. The Hall–Kier alpha value is -2.90. The molecular weight excluding hydrogens is 363 g/mol. The molecule has 0 spiro atoms. The van der Waals surface area contributed by atoms with Crippen molar-refractivity contribution in [1.82, 2.24) is 0 Å². The van der Waals surface area contributed by atoms with Crippen molar-refractivity contribution in [3.8, 4) is 17.2 Å². The Morgan fingerprint density at radius 2 is 1.89 bits per heavy atom. The lowest BCUT2D eigenvalue weighted by atomic mass is 9.83. The molecule has 2 heterocycles. The van der Waals surface area contributed by atoms with Crippen molar-refractivity contribution < 1.29 is 32.2 Å². The molecule has 0 radical (unpaired) electrons. The second kappa shape index (κ2) is 6.37. The monoisotopic (exact) mass is 379 g/mol. The molecule has 2 aromatic rings. The minimum Gasteiger partial charge on any atom is -0.494 e. The molecule has 1 N–H and O–H groups in total. The molecule has 0 aromatic heterocycles. The van der Waals surface area contributed by atoms with Crippen LogP contribution in [0.5, 0.6) is 17.2 Å². The number of anilines is 1. The molecule has 0 fully saturated rings. The molecule has 4 rings (SSSR count). The van der Waals surface area contributed by atoms with Crippen LogP contribution in [0, 0.1) is 0 Å². The summed E-state index contributed by atoms with van der Waals surface area (Å²) in [6.07, 6.45) is -4.38. The van der Waals surface area contributed by atoms with Crippen molar-refractivity contribution >= 4 is 11.6 Å². The number of carbonyl (C=O) groups is 1. The molecule has 1 atom stereocenters. The fourth-order valence-corrected chi connectivity index (χ4v) is 3.41. The van der Waals surface area contributed by atoms with E-state index in [1.54, 1.807) is 19.1 Å². The van der Waals surface area contributed by atoms with Crippen LogP contribution in [0.3, 0.4) is 0 Å². The van der Waals surface area contributed by atoms with E-state index in [4.69, 9.17) is 14.2 Å². The van der Waals surface area contributed by atoms with Crippen molar-refractivity contribution in [2.75, 3.05) is 18.7 Å². The summed E-state index contributed by atoms with van der Waals surface area (Å²) in [6, 6.07) is 6.81. The predicted octanol–water partition coefficient (Wildman–Crippen LogP) is 4.31. The number of hydrogen-bond acceptors (Lipinski definition) is 4. The Bertz CT molecular complexity index is 911. The lowest BCUT2D eigenvalue weighted by Gasteiger charge is -2.28. The van der Waals surface area contributed by atoms with Gasteiger partial charge < -0.3 is 19.5 Å². The Morgan fingerprint density at radius 1 is 1.15 bits per heavy atom. The van der Waals surface area contributed by atoms with Crippen LogP contribution >= 0.6 is 0 Å². The third-order valence-corrected chi connectivity index (χ3v) is 4.60. The lowest BCUT2D eigenvalue weighted by Crippen LogP contribution is -2.24. The van der Waals surface area contributed by atoms with Crippen LogP contribution in [0.4, 0.5) is 18.9 Å². The maximum atomic E-state index is 13.1. The van der Waals surface area contributed by atoms with Gasteiger partial charge in [0.2, 0.25) is 12.7 Å². The first-order valence-electron chi connectivity index (χ1n) is 8.44. The van der Waals surface area contributed by atoms with Crippen LogP contribution in [0.15, 0.2) is 30.3 Å². The number of ether oxygens (including phenoxy) is 3. The molecular formula is C19H16F3NO4. The van der Waals surface area contributed by atoms with Gasteiger partial charge in [0.25, 0.3) is 0 Å². The summed E-state index contributed by atoms with van der Waals surface area (Å²) in [6.45, 7) is 1.99. The number of fused-ring (bicyclic) bond motifs is 2. The van der Waals surface area contributed by atoms with Crippen molar-refractivity contribution in [1.29, 1.82) is 0 Å². The highest BCUT2D eigenvalue weighted by Gasteiger charge is 2.35. The van der Waals surface area contributed by atoms with Gasteiger partial charge in [0.05, 0.1) is 12.2 Å². The standard InChI is InChI=1S/C19H16F3NO4/c1-2-25-15-5-10(19(20,21)22)3-4-11(15)12-7-18(24)23-14-8-17-16(6-13(12)14)26-9-27-17/h3-6,8,12H,2,7,9H2,1H3,(H,23,24). The highest BCUT2D eigenvalue weighted by molar-refractivity contribution is 5.96. The van der Waals surface area contributed by atoms with Crippen molar-refractivity contribution in [2.45, 2.75) is 25.4 Å². The van der Waals surface area contributed by atoms with Crippen LogP contribution in [0.2, 0.25) is 0 Å². The number of benzene rings is 2. The SMILES string of the molecule is CCOc1cc(C(F)(F)F)ccc1C1CC(=O)Nc2cc3c(cc21)OCO3. The maximum Gasteiger partial charge on any atom is 0.416 e. The molecule has 8 heteroatoms. The van der Waals surface area contributed by atoms with Gasteiger partial charge in [-0.2, -0.15) is 13.2 Å². The minimum absolute atomic E-state index is 0.0846. The highest BCUT2D eigenvalue weighted by atomic mass is 19.4. The maximum absolute atomic E-state index is 13.1. The summed E-state index contributed by atoms with van der Waals surface area (Å²) in [4.78, 5) is 12.2. The molecule has 5 nitrogen and oxygen atoms in total. The lowest BCUT2D eigenvalue weighted by molar-refractivity contribution is -0.137. The molecule has 27 heavy (non-hydrogen) atoms. The molecule has 2 aromatic carbocycles. The average molecular weight is 379 g/mol. The van der Waals surface area contributed by atoms with Gasteiger partial charge in [-0.15, -0.1) is 0 Å². The Balaban J connectivity index is 1.83. The molecule has 1 amide bonds. The first-order chi connectivity index (χ1) is 12.9. The van der Waals surface area contributed by atoms with E-state index in [0.717, 1.165) is 17.7 Å². The Labute approximate surface area is 153 Å². The van der Waals surface area contributed by atoms with E-state index in [1.165, 1.54) is 6.07 Å². The molecule has 0 saturated carbocycles. The number of carbonyl (C=O) groups excluding carboxylic acids is 1. The Morgan fingerprint density at radius 3 is 2.59 bits per heavy atom. The van der Waals surface area contributed by atoms with Gasteiger partial charge in [-0.3, -0.25) is 4.79 Å². The van der Waals surface area contributed by atoms with Gasteiger partial charge >= 0.3 is 6.18 Å². The minimum atomic E-state index is -4.47. The van der Waals surface area contributed by atoms with E-state index in [0.29, 0.717) is 22.7 Å². The van der Waals surface area contributed by atoms with Crippen LogP contribution in [0.25, 0.3) is 0 Å². The molecule has 2 aliphatic rings. The van der Waals surface area contributed by atoms with Gasteiger partial charge in [-0.25, -0.2) is 0 Å². The normalized spacial score (nSPS) is 18.1. The zero-order valence-electron chi connectivity index (χ0n) is 14.4. The summed E-state index contributed by atoms with van der Waals surface area (Å²) in [5.74, 6) is 0.503. The van der Waals surface area contributed by atoms with E-state index in [2.05, 4.69) is 5.32 Å². The van der Waals surface area contributed by atoms with E-state index in [9.17, 15) is 18.0 Å². The number of halogens is 3. The summed E-state index contributed by atoms with van der Waals surface area (Å²) < 4.78 is 55.5. The van der Waals surface area contributed by atoms with Crippen LogP contribution in [-0.2, 0) is 11.0 Å². The third kappa shape index (κ3) is 3.15. The number of alkyl halides is 3. The fourth-order valence-electron chi connectivity index (χ4n) is 3.41. The molecule has 1 unspecified atom stereocenters. The van der Waals surface area contributed by atoms with Crippen LogP contribution in [0.1, 0.15) is 36.0 Å². The van der Waals surface area contributed by atoms with Gasteiger partial charge in [-0.1, -0.05) is 6.07 Å². The largest absolute Gasteiger partial charge is 0.494 e. The molecule has 0 saturated heterocycles. The average Bonchev–Trinajstić information content (AvgIpc) is 3.06. The number of rotatable bonds is 3. The number of hydrogen-bond donors (Lipinski definition) is 1. The van der Waals surface area contributed by atoms with Gasteiger partial charge in [0.1, 0.15) is 5.75 Å². The summed E-state index contributed by atoms with van der Waals surface area (Å²) in [7, 11) is 0.